The van der Waals surface area contributed by atoms with E-state index in [0.29, 0.717) is 0 Å². The molecular formula is C9H11FN2O5. The van der Waals surface area contributed by atoms with Gasteiger partial charge in [-0.25, -0.2) is 9.18 Å². The molecule has 0 aliphatic carbocycles. The molecule has 1 fully saturated rings. The molecule has 0 amide bonds. The van der Waals surface area contributed by atoms with Crippen molar-refractivity contribution >= 4 is 0 Å². The van der Waals surface area contributed by atoms with Crippen molar-refractivity contribution in [3.63, 3.8) is 0 Å². The molecule has 2 rings (SSSR count). The lowest BCUT2D eigenvalue weighted by atomic mass is 10.1. The number of rotatable bonds is 2. The molecule has 0 bridgehead atoms. The summed E-state index contributed by atoms with van der Waals surface area (Å²) >= 11 is 0. The summed E-state index contributed by atoms with van der Waals surface area (Å²) in [6, 6.07) is 1.05. The molecule has 1 saturated heterocycles. The van der Waals surface area contributed by atoms with Crippen LogP contribution in [0.2, 0.25) is 0 Å². The van der Waals surface area contributed by atoms with Gasteiger partial charge in [-0.2, -0.15) is 0 Å². The number of aliphatic hydroxyl groups is 2. The van der Waals surface area contributed by atoms with E-state index in [4.69, 9.17) is 9.84 Å². The highest BCUT2D eigenvalue weighted by atomic mass is 19.1. The number of nitrogens with one attached hydrogen (secondary N) is 1. The molecule has 0 aromatic carbocycles. The summed E-state index contributed by atoms with van der Waals surface area (Å²) in [4.78, 5) is 24.2. The van der Waals surface area contributed by atoms with Gasteiger partial charge in [0.25, 0.3) is 5.56 Å². The number of aromatic nitrogens is 2. The zero-order valence-electron chi connectivity index (χ0n) is 8.62. The van der Waals surface area contributed by atoms with Crippen molar-refractivity contribution in [1.29, 1.82) is 0 Å². The molecule has 1 aromatic rings. The summed E-state index contributed by atoms with van der Waals surface area (Å²) in [6.45, 7) is -0.604. The van der Waals surface area contributed by atoms with E-state index in [1.165, 1.54) is 0 Å². The van der Waals surface area contributed by atoms with E-state index in [9.17, 15) is 19.1 Å². The minimum atomic E-state index is -1.79. The Morgan fingerprint density at radius 2 is 2.24 bits per heavy atom. The van der Waals surface area contributed by atoms with E-state index >= 15 is 0 Å². The topological polar surface area (TPSA) is 105 Å². The molecule has 0 radical (unpaired) electrons. The van der Waals surface area contributed by atoms with Crippen LogP contribution in [0, 0.1) is 0 Å². The van der Waals surface area contributed by atoms with Crippen molar-refractivity contribution in [3.05, 3.63) is 33.1 Å². The van der Waals surface area contributed by atoms with Crippen molar-refractivity contribution in [2.75, 3.05) is 6.61 Å². The number of aromatic amines is 1. The van der Waals surface area contributed by atoms with Gasteiger partial charge in [-0.3, -0.25) is 14.3 Å². The number of nitrogens with zero attached hydrogens (tertiary/aromatic N) is 1. The first kappa shape index (κ1) is 12.0. The summed E-state index contributed by atoms with van der Waals surface area (Å²) in [5.74, 6) is 0. The summed E-state index contributed by atoms with van der Waals surface area (Å²) < 4.78 is 19.3. The molecule has 3 N–H and O–H groups in total. The third-order valence-electron chi connectivity index (χ3n) is 2.59. The fourth-order valence-corrected chi connectivity index (χ4v) is 1.71. The van der Waals surface area contributed by atoms with Gasteiger partial charge in [0.15, 0.2) is 12.4 Å². The molecule has 1 aliphatic rings. The molecule has 0 spiro atoms. The highest BCUT2D eigenvalue weighted by molar-refractivity contribution is 4.93. The number of ether oxygens (including phenoxy) is 1. The monoisotopic (exact) mass is 246 g/mol. The molecular weight excluding hydrogens is 235 g/mol. The molecule has 2 heterocycles. The minimum absolute atomic E-state index is 0.603. The predicted octanol–water partition coefficient (Wildman–Crippen LogP) is -1.87. The van der Waals surface area contributed by atoms with Gasteiger partial charge in [0.1, 0.15) is 12.2 Å². The Bertz CT molecular complexity index is 513. The predicted molar refractivity (Wildman–Crippen MR) is 53.2 cm³/mol. The van der Waals surface area contributed by atoms with Crippen LogP contribution in [-0.2, 0) is 4.74 Å². The Kier molecular flexibility index (Phi) is 3.09. The summed E-state index contributed by atoms with van der Waals surface area (Å²) in [7, 11) is 0. The smallest absolute Gasteiger partial charge is 0.330 e. The maximum absolute atomic E-state index is 13.4. The van der Waals surface area contributed by atoms with E-state index < -0.39 is 42.5 Å². The molecule has 0 saturated carbocycles. The van der Waals surface area contributed by atoms with Gasteiger partial charge < -0.3 is 14.9 Å². The van der Waals surface area contributed by atoms with Crippen LogP contribution in [0.4, 0.5) is 4.39 Å². The van der Waals surface area contributed by atoms with E-state index in [0.717, 1.165) is 16.8 Å². The Balaban J connectivity index is 2.35. The maximum atomic E-state index is 13.4. The normalized spacial score (nSPS) is 32.9. The second kappa shape index (κ2) is 4.40. The third kappa shape index (κ3) is 2.02. The Hall–Kier alpha value is -1.51. The molecule has 1 aromatic heterocycles. The molecule has 7 nitrogen and oxygen atoms in total. The number of hydrogen-bond acceptors (Lipinski definition) is 5. The summed E-state index contributed by atoms with van der Waals surface area (Å²) in [6.07, 6.45) is -4.71. The van der Waals surface area contributed by atoms with Gasteiger partial charge in [0.05, 0.1) is 6.61 Å². The number of H-pyrrole nitrogens is 1. The SMILES string of the molecule is O=c1ccn([C@@H]2O[C@H](CO)C(F)C2O)c(=O)[nH]1. The van der Waals surface area contributed by atoms with Gasteiger partial charge >= 0.3 is 5.69 Å². The average Bonchev–Trinajstić information content (AvgIpc) is 2.57. The Morgan fingerprint density at radius 3 is 2.76 bits per heavy atom. The van der Waals surface area contributed by atoms with E-state index in [1.807, 2.05) is 4.98 Å². The highest BCUT2D eigenvalue weighted by Crippen LogP contribution is 2.29. The fourth-order valence-electron chi connectivity index (χ4n) is 1.71. The lowest BCUT2D eigenvalue weighted by molar-refractivity contribution is -0.0537. The first-order valence-corrected chi connectivity index (χ1v) is 4.94. The van der Waals surface area contributed by atoms with E-state index in [2.05, 4.69) is 0 Å². The lowest BCUT2D eigenvalue weighted by Crippen LogP contribution is -2.36. The van der Waals surface area contributed by atoms with Crippen molar-refractivity contribution < 1.29 is 19.3 Å². The molecule has 2 unspecified atom stereocenters. The number of alkyl halides is 1. The van der Waals surface area contributed by atoms with Gasteiger partial charge in [0, 0.05) is 12.3 Å². The van der Waals surface area contributed by atoms with Crippen molar-refractivity contribution in [3.8, 4) is 0 Å². The molecule has 4 atom stereocenters. The summed E-state index contributed by atoms with van der Waals surface area (Å²) in [5.41, 5.74) is -1.42. The van der Waals surface area contributed by atoms with Gasteiger partial charge in [0.2, 0.25) is 0 Å². The highest BCUT2D eigenvalue weighted by Gasteiger charge is 2.45. The first-order chi connectivity index (χ1) is 8.04. The van der Waals surface area contributed by atoms with Crippen molar-refractivity contribution in [1.82, 2.24) is 9.55 Å². The summed E-state index contributed by atoms with van der Waals surface area (Å²) in [5, 5.41) is 18.4. The second-order valence-corrected chi connectivity index (χ2v) is 3.70. The largest absolute Gasteiger partial charge is 0.394 e. The zero-order valence-corrected chi connectivity index (χ0v) is 8.62. The quantitative estimate of drug-likeness (QED) is 0.567. The first-order valence-electron chi connectivity index (χ1n) is 4.94. The van der Waals surface area contributed by atoms with Crippen LogP contribution in [0.1, 0.15) is 6.23 Å². The molecule has 1 aliphatic heterocycles. The lowest BCUT2D eigenvalue weighted by Gasteiger charge is -2.16. The zero-order chi connectivity index (χ0) is 12.6. The van der Waals surface area contributed by atoms with Gasteiger partial charge in [-0.15, -0.1) is 0 Å². The number of halogens is 1. The fraction of sp³-hybridized carbons (Fsp3) is 0.556. The van der Waals surface area contributed by atoms with Crippen molar-refractivity contribution in [2.45, 2.75) is 24.6 Å². The average molecular weight is 246 g/mol. The number of aliphatic hydroxyl groups excluding tert-OH is 2. The second-order valence-electron chi connectivity index (χ2n) is 3.70. The van der Waals surface area contributed by atoms with Gasteiger partial charge in [-0.1, -0.05) is 0 Å². The van der Waals surface area contributed by atoms with Crippen LogP contribution >= 0.6 is 0 Å². The van der Waals surface area contributed by atoms with Crippen LogP contribution in [0.15, 0.2) is 21.9 Å². The Labute approximate surface area is 94.1 Å². The maximum Gasteiger partial charge on any atom is 0.330 e. The minimum Gasteiger partial charge on any atom is -0.394 e. The van der Waals surface area contributed by atoms with Crippen molar-refractivity contribution in [2.24, 2.45) is 0 Å². The van der Waals surface area contributed by atoms with Crippen LogP contribution in [0.25, 0.3) is 0 Å². The van der Waals surface area contributed by atoms with Gasteiger partial charge in [-0.05, 0) is 0 Å². The molecule has 17 heavy (non-hydrogen) atoms. The van der Waals surface area contributed by atoms with Crippen LogP contribution in [0.3, 0.4) is 0 Å². The van der Waals surface area contributed by atoms with Crippen LogP contribution in [0.5, 0.6) is 0 Å². The Morgan fingerprint density at radius 1 is 1.53 bits per heavy atom. The number of hydrogen-bond donors (Lipinski definition) is 3. The van der Waals surface area contributed by atoms with Crippen LogP contribution in [-0.4, -0.2) is 44.8 Å². The molecule has 94 valence electrons. The van der Waals surface area contributed by atoms with E-state index in [-0.39, 0.29) is 0 Å². The van der Waals surface area contributed by atoms with Crippen LogP contribution < -0.4 is 11.2 Å². The standard InChI is InChI=1S/C9H11FN2O5/c10-6-4(3-13)17-8(7(6)15)12-2-1-5(14)11-9(12)16/h1-2,4,6-8,13,15H,3H2,(H,11,14,16)/t4-,6?,7?,8-/m1/s1. The third-order valence-corrected chi connectivity index (χ3v) is 2.59. The van der Waals surface area contributed by atoms with E-state index in [1.54, 1.807) is 0 Å². The molecule has 8 heteroatoms.